The van der Waals surface area contributed by atoms with Crippen molar-refractivity contribution >= 4 is 10.0 Å². The highest BCUT2D eigenvalue weighted by Gasteiger charge is 2.35. The van der Waals surface area contributed by atoms with Crippen molar-refractivity contribution in [2.45, 2.75) is 29.9 Å². The van der Waals surface area contributed by atoms with Crippen LogP contribution in [0.5, 0.6) is 5.75 Å². The lowest BCUT2D eigenvalue weighted by Crippen LogP contribution is -2.32. The first kappa shape index (κ1) is 21.0. The molecule has 2 aromatic rings. The summed E-state index contributed by atoms with van der Waals surface area (Å²) in [7, 11) is -4.43. The third-order valence-corrected chi connectivity index (χ3v) is 4.79. The molecule has 0 fully saturated rings. The first-order valence-corrected chi connectivity index (χ1v) is 8.84. The van der Waals surface area contributed by atoms with Crippen LogP contribution < -0.4 is 9.46 Å². The van der Waals surface area contributed by atoms with Crippen LogP contribution in [0.1, 0.15) is 18.0 Å². The number of rotatable bonds is 6. The van der Waals surface area contributed by atoms with Gasteiger partial charge in [0.15, 0.2) is 0 Å². The lowest BCUT2D eigenvalue weighted by Gasteiger charge is -2.21. The van der Waals surface area contributed by atoms with Gasteiger partial charge in [-0.2, -0.15) is 13.2 Å². The summed E-state index contributed by atoms with van der Waals surface area (Å²) in [5.41, 5.74) is 0.0930. The van der Waals surface area contributed by atoms with Gasteiger partial charge in [-0.3, -0.25) is 0 Å². The predicted molar refractivity (Wildman–Crippen MR) is 83.3 cm³/mol. The van der Waals surface area contributed by atoms with Crippen LogP contribution >= 0.6 is 0 Å². The maximum Gasteiger partial charge on any atom is 0.573 e. The zero-order chi connectivity index (χ0) is 20.3. The molecule has 0 heterocycles. The Hall–Kier alpha value is -2.27. The van der Waals surface area contributed by atoms with Crippen LogP contribution in [0, 0.1) is 0 Å². The van der Waals surface area contributed by atoms with Crippen molar-refractivity contribution in [3.8, 4) is 5.75 Å². The van der Waals surface area contributed by atoms with Crippen molar-refractivity contribution in [1.82, 2.24) is 4.72 Å². The molecule has 0 bridgehead atoms. The molecule has 0 aliphatic carbocycles. The van der Waals surface area contributed by atoms with E-state index in [9.17, 15) is 34.8 Å². The zero-order valence-corrected chi connectivity index (χ0v) is 14.2. The number of nitrogens with one attached hydrogen (secondary N) is 1. The molecular formula is C16H13F6NO3S. The zero-order valence-electron chi connectivity index (χ0n) is 13.4. The summed E-state index contributed by atoms with van der Waals surface area (Å²) in [6.07, 6.45) is -11.1. The van der Waals surface area contributed by atoms with Crippen molar-refractivity contribution in [2.75, 3.05) is 0 Å². The summed E-state index contributed by atoms with van der Waals surface area (Å²) < 4.78 is 105. The first-order valence-electron chi connectivity index (χ1n) is 7.35. The smallest absolute Gasteiger partial charge is 0.406 e. The Morgan fingerprint density at radius 3 is 1.93 bits per heavy atom. The lowest BCUT2D eigenvalue weighted by atomic mass is 10.1. The number of hydrogen-bond acceptors (Lipinski definition) is 3. The van der Waals surface area contributed by atoms with Gasteiger partial charge in [0.25, 0.3) is 0 Å². The van der Waals surface area contributed by atoms with Crippen LogP contribution in [0.4, 0.5) is 26.3 Å². The van der Waals surface area contributed by atoms with Gasteiger partial charge in [0.1, 0.15) is 5.75 Å². The van der Waals surface area contributed by atoms with Crippen LogP contribution in [-0.2, 0) is 10.0 Å². The minimum Gasteiger partial charge on any atom is -0.406 e. The third kappa shape index (κ3) is 6.75. The molecule has 0 aliphatic rings. The van der Waals surface area contributed by atoms with E-state index in [0.717, 1.165) is 24.3 Å². The second-order valence-corrected chi connectivity index (χ2v) is 7.14. The summed E-state index contributed by atoms with van der Waals surface area (Å²) in [6.45, 7) is 0. The number of alkyl halides is 6. The number of ether oxygens (including phenoxy) is 1. The summed E-state index contributed by atoms with van der Waals surface area (Å²) in [5.74, 6) is -0.656. The van der Waals surface area contributed by atoms with Gasteiger partial charge in [-0.25, -0.2) is 13.1 Å². The molecule has 4 nitrogen and oxygen atoms in total. The van der Waals surface area contributed by atoms with Crippen molar-refractivity contribution in [3.05, 3.63) is 60.2 Å². The van der Waals surface area contributed by atoms with E-state index in [4.69, 9.17) is 0 Å². The Labute approximate surface area is 150 Å². The number of benzene rings is 2. The molecule has 2 rings (SSSR count). The van der Waals surface area contributed by atoms with Gasteiger partial charge in [-0.15, -0.1) is 13.2 Å². The van der Waals surface area contributed by atoms with Gasteiger partial charge < -0.3 is 4.74 Å². The Balaban J connectivity index is 2.25. The van der Waals surface area contributed by atoms with Crippen molar-refractivity contribution < 1.29 is 39.5 Å². The SMILES string of the molecule is O=S(=O)(N[C@H](CC(F)(F)F)c1ccccc1)c1ccc(OC(F)(F)F)cc1. The van der Waals surface area contributed by atoms with E-state index in [1.807, 2.05) is 4.72 Å². The molecule has 0 saturated carbocycles. The van der Waals surface area contributed by atoms with Crippen LogP contribution in [0.25, 0.3) is 0 Å². The summed E-state index contributed by atoms with van der Waals surface area (Å²) >= 11 is 0. The molecule has 2 aromatic carbocycles. The van der Waals surface area contributed by atoms with E-state index in [0.29, 0.717) is 0 Å². The Kier molecular flexibility index (Phi) is 6.05. The molecule has 11 heteroatoms. The van der Waals surface area contributed by atoms with E-state index in [-0.39, 0.29) is 5.56 Å². The molecule has 148 valence electrons. The molecule has 1 N–H and O–H groups in total. The van der Waals surface area contributed by atoms with Crippen LogP contribution in [0.15, 0.2) is 59.5 Å². The minimum atomic E-state index is -4.95. The largest absolute Gasteiger partial charge is 0.573 e. The maximum atomic E-state index is 12.8. The second-order valence-electron chi connectivity index (χ2n) is 5.42. The molecule has 0 unspecified atom stereocenters. The number of halogens is 6. The highest BCUT2D eigenvalue weighted by atomic mass is 32.2. The minimum absolute atomic E-state index is 0.0930. The average molecular weight is 413 g/mol. The summed E-state index contributed by atoms with van der Waals surface area (Å²) in [4.78, 5) is -0.500. The quantitative estimate of drug-likeness (QED) is 0.707. The van der Waals surface area contributed by atoms with Crippen molar-refractivity contribution in [3.63, 3.8) is 0 Å². The fourth-order valence-corrected chi connectivity index (χ4v) is 3.44. The molecule has 0 spiro atoms. The maximum absolute atomic E-state index is 12.8. The van der Waals surface area contributed by atoms with E-state index >= 15 is 0 Å². The predicted octanol–water partition coefficient (Wildman–Crippen LogP) is 4.56. The number of hydrogen-bond donors (Lipinski definition) is 1. The highest BCUT2D eigenvalue weighted by Crippen LogP contribution is 2.31. The van der Waals surface area contributed by atoms with Crippen molar-refractivity contribution in [1.29, 1.82) is 0 Å². The Bertz CT molecular complexity index is 848. The van der Waals surface area contributed by atoms with Crippen LogP contribution in [-0.4, -0.2) is 21.0 Å². The number of sulfonamides is 1. The Morgan fingerprint density at radius 2 is 1.44 bits per heavy atom. The van der Waals surface area contributed by atoms with Crippen LogP contribution in [0.2, 0.25) is 0 Å². The molecule has 0 radical (unpaired) electrons. The third-order valence-electron chi connectivity index (χ3n) is 3.30. The monoisotopic (exact) mass is 413 g/mol. The normalized spacial score (nSPS) is 14.0. The molecule has 27 heavy (non-hydrogen) atoms. The summed E-state index contributed by atoms with van der Waals surface area (Å²) in [6, 6.07) is 8.65. The van der Waals surface area contributed by atoms with Crippen LogP contribution in [0.3, 0.4) is 0 Å². The first-order chi connectivity index (χ1) is 12.4. The fourth-order valence-electron chi connectivity index (χ4n) is 2.22. The molecule has 0 aliphatic heterocycles. The molecule has 0 amide bonds. The Morgan fingerprint density at radius 1 is 0.889 bits per heavy atom. The molecular weight excluding hydrogens is 400 g/mol. The second kappa shape index (κ2) is 7.77. The standard InChI is InChI=1S/C16H13F6NO3S/c17-15(18,19)10-14(11-4-2-1-3-5-11)23-27(24,25)13-8-6-12(7-9-13)26-16(20,21)22/h1-9,14,23H,10H2/t14-/m1/s1. The van der Waals surface area contributed by atoms with Gasteiger partial charge in [0.2, 0.25) is 10.0 Å². The molecule has 0 saturated heterocycles. The fraction of sp³-hybridized carbons (Fsp3) is 0.250. The van der Waals surface area contributed by atoms with E-state index in [1.165, 1.54) is 24.3 Å². The van der Waals surface area contributed by atoms with E-state index in [1.54, 1.807) is 6.07 Å². The summed E-state index contributed by atoms with van der Waals surface area (Å²) in [5, 5.41) is 0. The van der Waals surface area contributed by atoms with Gasteiger partial charge in [0.05, 0.1) is 17.4 Å². The molecule has 1 atom stereocenters. The van der Waals surface area contributed by atoms with Crippen molar-refractivity contribution in [2.24, 2.45) is 0 Å². The van der Waals surface area contributed by atoms with E-state index < -0.39 is 45.7 Å². The van der Waals surface area contributed by atoms with Gasteiger partial charge in [-0.05, 0) is 29.8 Å². The highest BCUT2D eigenvalue weighted by molar-refractivity contribution is 7.89. The van der Waals surface area contributed by atoms with Gasteiger partial charge in [0, 0.05) is 0 Å². The topological polar surface area (TPSA) is 55.4 Å². The van der Waals surface area contributed by atoms with Gasteiger partial charge in [-0.1, -0.05) is 30.3 Å². The molecule has 0 aromatic heterocycles. The van der Waals surface area contributed by atoms with Gasteiger partial charge >= 0.3 is 12.5 Å². The van der Waals surface area contributed by atoms with E-state index in [2.05, 4.69) is 4.74 Å². The average Bonchev–Trinajstić information content (AvgIpc) is 2.52. The lowest BCUT2D eigenvalue weighted by molar-refractivity contribution is -0.274.